The summed E-state index contributed by atoms with van der Waals surface area (Å²) in [5.41, 5.74) is 0. The Morgan fingerprint density at radius 2 is 1.95 bits per heavy atom. The van der Waals surface area contributed by atoms with Gasteiger partial charge in [-0.15, -0.1) is 0 Å². The van der Waals surface area contributed by atoms with E-state index in [-0.39, 0.29) is 5.82 Å². The molecule has 0 radical (unpaired) electrons. The van der Waals surface area contributed by atoms with E-state index in [9.17, 15) is 36.9 Å². The normalized spacial score (nSPS) is 11.4. The predicted octanol–water partition coefficient (Wildman–Crippen LogP) is 1.95. The van der Waals surface area contributed by atoms with E-state index in [1.54, 1.807) is 6.92 Å². The summed E-state index contributed by atoms with van der Waals surface area (Å²) in [5, 5.41) is 11.3. The van der Waals surface area contributed by atoms with E-state index in [4.69, 9.17) is 0 Å². The first-order valence-electron chi connectivity index (χ1n) is 5.22. The number of nitrogens with zero attached hydrogens (tertiary/aromatic N) is 2. The third kappa shape index (κ3) is 6.63. The van der Waals surface area contributed by atoms with Crippen molar-refractivity contribution in [1.82, 2.24) is 15.3 Å². The van der Waals surface area contributed by atoms with Gasteiger partial charge in [-0.25, -0.2) is 9.97 Å². The smallest absolute Gasteiger partial charge is 0.358 e. The maximum absolute atomic E-state index is 12.0. The van der Waals surface area contributed by atoms with Gasteiger partial charge in [0.2, 0.25) is 5.91 Å². The van der Waals surface area contributed by atoms with Crippen LogP contribution in [0.1, 0.15) is 12.7 Å². The fraction of sp³-hybridized carbons (Fsp3) is 0.556. The minimum absolute atomic E-state index is 0.0625. The lowest BCUT2D eigenvalue weighted by molar-refractivity contribution is -0.389. The minimum Gasteiger partial charge on any atom is -0.358 e. The Morgan fingerprint density at radius 3 is 2.19 bits per heavy atom. The third-order valence-electron chi connectivity index (χ3n) is 1.86. The molecule has 120 valence electrons. The average Bonchev–Trinajstić information content (AvgIpc) is 2.73. The number of carbonyl (C=O) groups excluding carboxylic acids is 1. The van der Waals surface area contributed by atoms with E-state index in [2.05, 4.69) is 9.97 Å². The zero-order chi connectivity index (χ0) is 16.8. The molecule has 0 spiro atoms. The average molecular weight is 318 g/mol. The highest BCUT2D eigenvalue weighted by Gasteiger charge is 2.57. The van der Waals surface area contributed by atoms with E-state index >= 15 is 0 Å². The van der Waals surface area contributed by atoms with Crippen molar-refractivity contribution in [3.05, 3.63) is 22.1 Å². The highest BCUT2D eigenvalue weighted by Crippen LogP contribution is 2.34. The summed E-state index contributed by atoms with van der Waals surface area (Å²) in [4.78, 5) is 25.5. The quantitative estimate of drug-likeness (QED) is 0.505. The molecule has 0 aromatic carbocycles. The second kappa shape index (κ2) is 6.95. The number of carbonyl (C=O) groups is 1. The molecule has 0 unspecified atom stereocenters. The zero-order valence-corrected chi connectivity index (χ0v) is 10.8. The molecule has 12 heteroatoms. The van der Waals surface area contributed by atoms with Gasteiger partial charge in [-0.05, 0) is 4.92 Å². The number of hydrogen-bond acceptors (Lipinski definition) is 4. The molecular weight excluding hydrogens is 307 g/mol. The van der Waals surface area contributed by atoms with E-state index in [0.29, 0.717) is 5.82 Å². The number of nitro groups is 1. The number of H-pyrrole nitrogens is 1. The number of amides is 1. The molecule has 7 nitrogen and oxygen atoms in total. The van der Waals surface area contributed by atoms with Gasteiger partial charge >= 0.3 is 17.9 Å². The van der Waals surface area contributed by atoms with E-state index in [1.165, 1.54) is 11.5 Å². The van der Waals surface area contributed by atoms with Gasteiger partial charge < -0.3 is 15.4 Å². The van der Waals surface area contributed by atoms with Gasteiger partial charge in [0, 0.05) is 13.8 Å². The molecule has 0 atom stereocenters. The summed E-state index contributed by atoms with van der Waals surface area (Å²) in [7, 11) is 0. The van der Waals surface area contributed by atoms with Gasteiger partial charge in [-0.1, -0.05) is 0 Å². The third-order valence-corrected chi connectivity index (χ3v) is 1.86. The fourth-order valence-corrected chi connectivity index (χ4v) is 0.836. The van der Waals surface area contributed by atoms with Gasteiger partial charge in [0.15, 0.2) is 5.82 Å². The fourth-order valence-electron chi connectivity index (χ4n) is 0.836. The van der Waals surface area contributed by atoms with Crippen molar-refractivity contribution in [2.75, 3.05) is 6.54 Å². The lowest BCUT2D eigenvalue weighted by atomic mass is 10.3. The molecule has 0 saturated carbocycles. The molecule has 0 aliphatic rings. The molecule has 2 N–H and O–H groups in total. The molecule has 0 aliphatic heterocycles. The van der Waals surface area contributed by atoms with Gasteiger partial charge in [0.1, 0.15) is 6.20 Å². The number of aryl methyl sites for hydroxylation is 1. The molecule has 0 saturated heterocycles. The first-order valence-corrected chi connectivity index (χ1v) is 5.22. The Kier molecular flexibility index (Phi) is 6.19. The number of alkyl halides is 5. The topological polar surface area (TPSA) is 101 Å². The van der Waals surface area contributed by atoms with Crippen LogP contribution in [0.15, 0.2) is 6.20 Å². The van der Waals surface area contributed by atoms with Crippen LogP contribution in [0.25, 0.3) is 0 Å². The molecule has 1 heterocycles. The van der Waals surface area contributed by atoms with Crippen molar-refractivity contribution < 1.29 is 31.7 Å². The van der Waals surface area contributed by atoms with Crippen LogP contribution in [0, 0.1) is 17.0 Å². The zero-order valence-electron chi connectivity index (χ0n) is 10.8. The largest absolute Gasteiger partial charge is 0.455 e. The van der Waals surface area contributed by atoms with Crippen molar-refractivity contribution in [3.8, 4) is 0 Å². The first kappa shape index (κ1) is 18.7. The highest BCUT2D eigenvalue weighted by molar-refractivity contribution is 5.72. The summed E-state index contributed by atoms with van der Waals surface area (Å²) < 4.78 is 58.1. The lowest BCUT2D eigenvalue weighted by Crippen LogP contribution is -2.46. The van der Waals surface area contributed by atoms with Crippen molar-refractivity contribution in [2.45, 2.75) is 25.9 Å². The standard InChI is InChI=1S/C5H6F5NO.C4H5N3O2/c1-3(12)11-2-4(6,7)5(8,9)10;1-3-5-2-4(6-3)7(8)9/h2H2,1H3,(H,11,12);2H,1H3,(H,5,6). The monoisotopic (exact) mass is 318 g/mol. The molecule has 1 aromatic heterocycles. The Bertz CT molecular complexity index is 500. The number of hydrogen-bond donors (Lipinski definition) is 2. The van der Waals surface area contributed by atoms with Gasteiger partial charge in [-0.2, -0.15) is 22.0 Å². The van der Waals surface area contributed by atoms with E-state index in [0.717, 1.165) is 6.92 Å². The maximum atomic E-state index is 12.0. The van der Waals surface area contributed by atoms with Crippen LogP contribution in [-0.2, 0) is 4.79 Å². The van der Waals surface area contributed by atoms with Crippen LogP contribution < -0.4 is 5.32 Å². The predicted molar refractivity (Wildman–Crippen MR) is 59.7 cm³/mol. The van der Waals surface area contributed by atoms with Crippen LogP contribution in [0.4, 0.5) is 27.8 Å². The molecule has 0 bridgehead atoms. The lowest BCUT2D eigenvalue weighted by Gasteiger charge is -2.19. The number of aromatic amines is 1. The summed E-state index contributed by atoms with van der Waals surface area (Å²) in [6.07, 6.45) is -4.43. The van der Waals surface area contributed by atoms with Gasteiger partial charge in [0.25, 0.3) is 0 Å². The SMILES string of the molecule is CC(=O)NCC(F)(F)C(F)(F)F.Cc1ncc([N+](=O)[O-])[nH]1. The van der Waals surface area contributed by atoms with Crippen LogP contribution in [0.3, 0.4) is 0 Å². The Morgan fingerprint density at radius 1 is 1.43 bits per heavy atom. The summed E-state index contributed by atoms with van der Waals surface area (Å²) >= 11 is 0. The van der Waals surface area contributed by atoms with Crippen molar-refractivity contribution in [2.24, 2.45) is 0 Å². The number of halogens is 5. The summed E-state index contributed by atoms with van der Waals surface area (Å²) in [6.45, 7) is 0.797. The second-order valence-corrected chi connectivity index (χ2v) is 3.72. The molecule has 0 aliphatic carbocycles. The van der Waals surface area contributed by atoms with Crippen LogP contribution in [-0.4, -0.2) is 39.4 Å². The molecule has 1 amide bonds. The second-order valence-electron chi connectivity index (χ2n) is 3.72. The Hall–Kier alpha value is -2.27. The van der Waals surface area contributed by atoms with Gasteiger partial charge in [-0.3, -0.25) is 4.79 Å². The maximum Gasteiger partial charge on any atom is 0.455 e. The number of imidazole rings is 1. The van der Waals surface area contributed by atoms with E-state index < -0.39 is 29.5 Å². The number of rotatable bonds is 3. The highest BCUT2D eigenvalue weighted by atomic mass is 19.4. The molecule has 1 rings (SSSR count). The minimum atomic E-state index is -5.62. The first-order chi connectivity index (χ1) is 9.36. The number of aromatic nitrogens is 2. The van der Waals surface area contributed by atoms with Gasteiger partial charge in [0.05, 0.1) is 6.54 Å². The van der Waals surface area contributed by atoms with Crippen molar-refractivity contribution >= 4 is 11.7 Å². The van der Waals surface area contributed by atoms with Crippen molar-refractivity contribution in [3.63, 3.8) is 0 Å². The summed E-state index contributed by atoms with van der Waals surface area (Å²) in [5.74, 6) is -5.30. The molecular formula is C9H11F5N4O3. The summed E-state index contributed by atoms with van der Waals surface area (Å²) in [6, 6.07) is 0. The molecule has 0 fully saturated rings. The molecule has 1 aromatic rings. The van der Waals surface area contributed by atoms with E-state index in [1.807, 2.05) is 0 Å². The number of nitrogens with one attached hydrogen (secondary N) is 2. The molecule has 21 heavy (non-hydrogen) atoms. The van der Waals surface area contributed by atoms with Crippen LogP contribution in [0.2, 0.25) is 0 Å². The Balaban J connectivity index is 0.000000394. The Labute approximate surface area is 114 Å². The van der Waals surface area contributed by atoms with Crippen LogP contribution in [0.5, 0.6) is 0 Å². The van der Waals surface area contributed by atoms with Crippen LogP contribution >= 0.6 is 0 Å². The van der Waals surface area contributed by atoms with Crippen molar-refractivity contribution in [1.29, 1.82) is 0 Å².